The average molecular weight is 360 g/mol. The Kier molecular flexibility index (Phi) is 4.76. The zero-order chi connectivity index (χ0) is 18.9. The molecule has 7 nitrogen and oxygen atoms in total. The second kappa shape index (κ2) is 6.86. The van der Waals surface area contributed by atoms with E-state index in [4.69, 9.17) is 5.11 Å². The molecule has 1 saturated carbocycles. The molecule has 26 heavy (non-hydrogen) atoms. The monoisotopic (exact) mass is 360 g/mol. The highest BCUT2D eigenvalue weighted by molar-refractivity contribution is 5.91. The van der Waals surface area contributed by atoms with Gasteiger partial charge in [-0.15, -0.1) is 5.10 Å². The number of carboxylic acid groups (broad SMARTS) is 1. The van der Waals surface area contributed by atoms with Crippen LogP contribution in [-0.4, -0.2) is 37.3 Å². The molecule has 2 N–H and O–H groups in total. The minimum absolute atomic E-state index is 0.0380. The molecule has 1 aliphatic rings. The number of aliphatic carboxylic acids is 1. The molecule has 1 aromatic carbocycles. The van der Waals surface area contributed by atoms with E-state index in [0.29, 0.717) is 24.4 Å². The number of halogens is 1. The summed E-state index contributed by atoms with van der Waals surface area (Å²) < 4.78 is 15.0. The molecule has 1 amide bonds. The molecule has 1 aliphatic carbocycles. The maximum atomic E-state index is 13.6. The van der Waals surface area contributed by atoms with E-state index in [1.54, 1.807) is 12.1 Å². The second-order valence-corrected chi connectivity index (χ2v) is 7.00. The Morgan fingerprint density at radius 3 is 2.65 bits per heavy atom. The summed E-state index contributed by atoms with van der Waals surface area (Å²) in [6.07, 6.45) is 1.98. The molecule has 1 heterocycles. The van der Waals surface area contributed by atoms with Crippen LogP contribution < -0.4 is 5.32 Å². The SMILES string of the molecule is CC(C)c1nc(C(=O)NC2(CC(=O)O)CCC2)nn1-c1cccc(F)c1. The van der Waals surface area contributed by atoms with Crippen molar-refractivity contribution in [3.63, 3.8) is 0 Å². The first-order valence-corrected chi connectivity index (χ1v) is 8.57. The van der Waals surface area contributed by atoms with E-state index in [0.717, 1.165) is 6.42 Å². The van der Waals surface area contributed by atoms with Gasteiger partial charge in [-0.2, -0.15) is 0 Å². The smallest absolute Gasteiger partial charge is 0.305 e. The van der Waals surface area contributed by atoms with Gasteiger partial charge in [0, 0.05) is 5.92 Å². The summed E-state index contributed by atoms with van der Waals surface area (Å²) in [5.74, 6) is -1.43. The Hall–Kier alpha value is -2.77. The number of amides is 1. The van der Waals surface area contributed by atoms with Crippen LogP contribution >= 0.6 is 0 Å². The lowest BCUT2D eigenvalue weighted by atomic mass is 9.74. The minimum Gasteiger partial charge on any atom is -0.481 e. The van der Waals surface area contributed by atoms with Crippen LogP contribution in [0.4, 0.5) is 4.39 Å². The van der Waals surface area contributed by atoms with Crippen LogP contribution in [0.5, 0.6) is 0 Å². The predicted octanol–water partition coefficient (Wildman–Crippen LogP) is 2.66. The van der Waals surface area contributed by atoms with Crippen molar-refractivity contribution < 1.29 is 19.1 Å². The Morgan fingerprint density at radius 1 is 1.38 bits per heavy atom. The third-order valence-electron chi connectivity index (χ3n) is 4.58. The molecule has 0 radical (unpaired) electrons. The molecule has 0 saturated heterocycles. The summed E-state index contributed by atoms with van der Waals surface area (Å²) in [7, 11) is 0. The Bertz CT molecular complexity index is 843. The fraction of sp³-hybridized carbons (Fsp3) is 0.444. The van der Waals surface area contributed by atoms with E-state index < -0.39 is 23.2 Å². The van der Waals surface area contributed by atoms with Crippen molar-refractivity contribution in [2.75, 3.05) is 0 Å². The lowest BCUT2D eigenvalue weighted by Gasteiger charge is -2.41. The van der Waals surface area contributed by atoms with Crippen LogP contribution in [0.15, 0.2) is 24.3 Å². The fourth-order valence-electron chi connectivity index (χ4n) is 3.13. The topological polar surface area (TPSA) is 97.1 Å². The highest BCUT2D eigenvalue weighted by Crippen LogP contribution is 2.35. The molecular formula is C18H21FN4O3. The number of hydrogen-bond donors (Lipinski definition) is 2. The summed E-state index contributed by atoms with van der Waals surface area (Å²) in [5, 5.41) is 16.1. The van der Waals surface area contributed by atoms with Crippen LogP contribution in [0.1, 0.15) is 61.9 Å². The molecule has 8 heteroatoms. The first kappa shape index (κ1) is 18.0. The summed E-state index contributed by atoms with van der Waals surface area (Å²) in [4.78, 5) is 28.0. The highest BCUT2D eigenvalue weighted by atomic mass is 19.1. The first-order valence-electron chi connectivity index (χ1n) is 8.57. The average Bonchev–Trinajstić information content (AvgIpc) is 2.98. The van der Waals surface area contributed by atoms with Crippen molar-refractivity contribution in [2.24, 2.45) is 0 Å². The summed E-state index contributed by atoms with van der Waals surface area (Å²) in [5.41, 5.74) is -0.255. The maximum absolute atomic E-state index is 13.6. The van der Waals surface area contributed by atoms with Gasteiger partial charge in [-0.05, 0) is 37.5 Å². The third-order valence-corrected chi connectivity index (χ3v) is 4.58. The van der Waals surface area contributed by atoms with E-state index >= 15 is 0 Å². The Morgan fingerprint density at radius 2 is 2.12 bits per heavy atom. The number of rotatable bonds is 6. The van der Waals surface area contributed by atoms with E-state index in [-0.39, 0.29) is 18.2 Å². The molecule has 0 aliphatic heterocycles. The normalized spacial score (nSPS) is 15.5. The van der Waals surface area contributed by atoms with Gasteiger partial charge in [0.05, 0.1) is 17.6 Å². The minimum atomic E-state index is -0.953. The number of aromatic nitrogens is 3. The van der Waals surface area contributed by atoms with Gasteiger partial charge in [-0.3, -0.25) is 9.59 Å². The lowest BCUT2D eigenvalue weighted by Crippen LogP contribution is -2.54. The third kappa shape index (κ3) is 3.58. The largest absolute Gasteiger partial charge is 0.481 e. The van der Waals surface area contributed by atoms with E-state index in [1.807, 2.05) is 13.8 Å². The van der Waals surface area contributed by atoms with Gasteiger partial charge in [0.15, 0.2) is 0 Å². The second-order valence-electron chi connectivity index (χ2n) is 7.00. The van der Waals surface area contributed by atoms with E-state index in [2.05, 4.69) is 15.4 Å². The van der Waals surface area contributed by atoms with Crippen molar-refractivity contribution >= 4 is 11.9 Å². The van der Waals surface area contributed by atoms with E-state index in [9.17, 15) is 14.0 Å². The van der Waals surface area contributed by atoms with Gasteiger partial charge < -0.3 is 10.4 Å². The van der Waals surface area contributed by atoms with Crippen LogP contribution in [0.2, 0.25) is 0 Å². The predicted molar refractivity (Wildman–Crippen MR) is 91.7 cm³/mol. The summed E-state index contributed by atoms with van der Waals surface area (Å²) >= 11 is 0. The van der Waals surface area contributed by atoms with E-state index in [1.165, 1.54) is 16.8 Å². The molecule has 1 aromatic heterocycles. The van der Waals surface area contributed by atoms with Crippen molar-refractivity contribution in [1.29, 1.82) is 0 Å². The highest BCUT2D eigenvalue weighted by Gasteiger charge is 2.41. The molecule has 0 spiro atoms. The van der Waals surface area contributed by atoms with Crippen LogP contribution in [0, 0.1) is 5.82 Å². The standard InChI is InChI=1S/C18H21FN4O3/c1-11(2)16-20-15(22-23(16)13-6-3-5-12(19)9-13)17(26)21-18(7-4-8-18)10-14(24)25/h3,5-6,9,11H,4,7-8,10H2,1-2H3,(H,21,26)(H,24,25). The van der Waals surface area contributed by atoms with Crippen LogP contribution in [0.25, 0.3) is 5.69 Å². The quantitative estimate of drug-likeness (QED) is 0.825. The zero-order valence-electron chi connectivity index (χ0n) is 14.7. The molecule has 0 bridgehead atoms. The van der Waals surface area contributed by atoms with Gasteiger partial charge in [0.1, 0.15) is 11.6 Å². The Labute approximate surface area is 150 Å². The number of nitrogens with zero attached hydrogens (tertiary/aromatic N) is 3. The first-order chi connectivity index (χ1) is 12.3. The molecule has 138 valence electrons. The number of carbonyl (C=O) groups excluding carboxylic acids is 1. The van der Waals surface area contributed by atoms with Crippen molar-refractivity contribution in [1.82, 2.24) is 20.1 Å². The molecule has 0 atom stereocenters. The molecule has 3 rings (SSSR count). The number of hydrogen-bond acceptors (Lipinski definition) is 4. The van der Waals surface area contributed by atoms with Crippen molar-refractivity contribution in [2.45, 2.75) is 51.0 Å². The molecule has 2 aromatic rings. The fourth-order valence-corrected chi connectivity index (χ4v) is 3.13. The zero-order valence-corrected chi connectivity index (χ0v) is 14.7. The van der Waals surface area contributed by atoms with Gasteiger partial charge in [-0.25, -0.2) is 14.1 Å². The number of carboxylic acids is 1. The Balaban J connectivity index is 1.90. The number of carbonyl (C=O) groups is 2. The molecule has 0 unspecified atom stereocenters. The van der Waals surface area contributed by atoms with Crippen molar-refractivity contribution in [3.8, 4) is 5.69 Å². The van der Waals surface area contributed by atoms with Gasteiger partial charge in [-0.1, -0.05) is 19.9 Å². The van der Waals surface area contributed by atoms with Gasteiger partial charge in [0.2, 0.25) is 5.82 Å². The lowest BCUT2D eigenvalue weighted by molar-refractivity contribution is -0.139. The summed E-state index contributed by atoms with van der Waals surface area (Å²) in [6, 6.07) is 5.89. The number of nitrogens with one attached hydrogen (secondary N) is 1. The van der Waals surface area contributed by atoms with Crippen LogP contribution in [-0.2, 0) is 4.79 Å². The molecular weight excluding hydrogens is 339 g/mol. The van der Waals surface area contributed by atoms with Crippen molar-refractivity contribution in [3.05, 3.63) is 41.7 Å². The maximum Gasteiger partial charge on any atom is 0.305 e. The summed E-state index contributed by atoms with van der Waals surface area (Å²) in [6.45, 7) is 3.80. The molecule has 1 fully saturated rings. The van der Waals surface area contributed by atoms with Crippen LogP contribution in [0.3, 0.4) is 0 Å². The number of benzene rings is 1. The van der Waals surface area contributed by atoms with Gasteiger partial charge in [0.25, 0.3) is 5.91 Å². The van der Waals surface area contributed by atoms with Gasteiger partial charge >= 0.3 is 5.97 Å².